The average molecular weight is 1470 g/mol. The van der Waals surface area contributed by atoms with Gasteiger partial charge in [0.25, 0.3) is 0 Å². The summed E-state index contributed by atoms with van der Waals surface area (Å²) in [5, 5.41) is 23.1. The van der Waals surface area contributed by atoms with Crippen molar-refractivity contribution >= 4 is 70.9 Å². The lowest BCUT2D eigenvalue weighted by Crippen LogP contribution is -2.64. The highest BCUT2D eigenvalue weighted by Crippen LogP contribution is 2.28. The Morgan fingerprint density at radius 2 is 1.07 bits per heavy atom. The molecule has 2 rings (SSSR count). The Labute approximate surface area is 609 Å². The molecule has 2 heterocycles. The number of esters is 1. The smallest absolute Gasteiger partial charge is 0.401 e. The number of rotatable bonds is 20. The Balaban J connectivity index is 3.08. The van der Waals surface area contributed by atoms with Crippen molar-refractivity contribution in [3.8, 4) is 0 Å². The zero-order valence-electron chi connectivity index (χ0n) is 66.0. The zero-order valence-corrected chi connectivity index (χ0v) is 66.0. The van der Waals surface area contributed by atoms with Crippen LogP contribution in [0.4, 0.5) is 13.2 Å². The molecule has 2 aliphatic rings. The number of ether oxygens (including phenoxy) is 2. The molecule has 11 amide bonds. The first-order valence-corrected chi connectivity index (χ1v) is 36.2. The highest BCUT2D eigenvalue weighted by atomic mass is 19.4. The van der Waals surface area contributed by atoms with Crippen LogP contribution in [0, 0.1) is 41.4 Å². The summed E-state index contributed by atoms with van der Waals surface area (Å²) >= 11 is 0. The van der Waals surface area contributed by atoms with Gasteiger partial charge in [-0.15, -0.1) is 0 Å². The molecule has 0 aromatic rings. The third-order valence-corrected chi connectivity index (χ3v) is 19.5. The number of hydrogen-bond donors (Lipinski definition) is 5. The number of allylic oxidation sites excluding steroid dienone is 2. The van der Waals surface area contributed by atoms with Gasteiger partial charge in [-0.2, -0.15) is 13.2 Å². The summed E-state index contributed by atoms with van der Waals surface area (Å²) in [6, 6.07) is -14.7. The number of amides is 11. The minimum atomic E-state index is -4.44. The average Bonchev–Trinajstić information content (AvgIpc) is 0.798. The number of piperazine rings is 1. The van der Waals surface area contributed by atoms with E-state index in [1.165, 1.54) is 102 Å². The molecule has 1 unspecified atom stereocenters. The number of nitrogens with one attached hydrogen (secondary N) is 4. The van der Waals surface area contributed by atoms with E-state index in [0.717, 1.165) is 26.5 Å². The lowest BCUT2D eigenvalue weighted by Gasteiger charge is -2.42. The van der Waals surface area contributed by atoms with E-state index in [2.05, 4.69) is 21.3 Å². The molecule has 0 spiro atoms. The van der Waals surface area contributed by atoms with E-state index in [1.54, 1.807) is 60.6 Å². The van der Waals surface area contributed by atoms with Crippen molar-refractivity contribution in [1.29, 1.82) is 0 Å². The molecule has 0 aromatic carbocycles. The first-order chi connectivity index (χ1) is 47.6. The number of nitrogens with zero attached hydrogens (tertiary/aromatic N) is 9. The highest BCUT2D eigenvalue weighted by molar-refractivity contribution is 5.99. The largest absolute Gasteiger partial charge is 0.459 e. The molecule has 2 aliphatic heterocycles. The topological polar surface area (TPSA) is 321 Å². The van der Waals surface area contributed by atoms with Crippen molar-refractivity contribution in [3.05, 3.63) is 12.2 Å². The second-order valence-electron chi connectivity index (χ2n) is 30.3. The Morgan fingerprint density at radius 1 is 0.573 bits per heavy atom. The molecule has 0 radical (unpaired) electrons. The van der Waals surface area contributed by atoms with E-state index < -0.39 is 193 Å². The monoisotopic (exact) mass is 1470 g/mol. The van der Waals surface area contributed by atoms with Gasteiger partial charge in [0.15, 0.2) is 0 Å². The maximum absolute atomic E-state index is 15.6. The minimum Gasteiger partial charge on any atom is -0.459 e. The van der Waals surface area contributed by atoms with E-state index in [0.29, 0.717) is 0 Å². The summed E-state index contributed by atoms with van der Waals surface area (Å²) in [4.78, 5) is 188. The summed E-state index contributed by atoms with van der Waals surface area (Å²) in [6.45, 7) is 27.6. The molecule has 31 heteroatoms. The fourth-order valence-corrected chi connectivity index (χ4v) is 13.2. The number of likely N-dealkylation sites (N-methyl/N-ethyl adjacent to an activating group) is 7. The number of alkyl halides is 3. The van der Waals surface area contributed by atoms with Crippen molar-refractivity contribution in [2.24, 2.45) is 41.4 Å². The van der Waals surface area contributed by atoms with Gasteiger partial charge in [-0.1, -0.05) is 102 Å². The quantitative estimate of drug-likeness (QED) is 0.0862. The molecular weight excluding hydrogens is 1340 g/mol. The van der Waals surface area contributed by atoms with Gasteiger partial charge in [-0.25, -0.2) is 0 Å². The first kappa shape index (κ1) is 92.1. The van der Waals surface area contributed by atoms with Gasteiger partial charge in [-0.3, -0.25) is 67.3 Å². The number of aliphatic hydroxyl groups excluding tert-OH is 1. The molecule has 15 atom stereocenters. The summed E-state index contributed by atoms with van der Waals surface area (Å²) in [6.07, 6.45) is -3.33. The SMILES string of the molecule is C/C=C/C[C@@H](C)[C@@H](OC(C)=O)[C@H]1C(=O)N[C@@H](CC)C(=O)N(C)[C@H](C)C(=O)N(C)[C@@H]([C@H](C)COCC(=O)N2CCN(CC(F)(F)F)CC2)C(=O)N[C@@H](C(C)C)C(=O)N(C)[C@@H](CC(C)C)C(=O)N[C@@H](C)C(=O)N[C@H](C)C(O)N(C)[C@@H](CC(C)C)C(=O)N(C)[C@@H](CC(C)C)C(=O)N(C)[C@@H](C(C)C)C(=O)N1C. The summed E-state index contributed by atoms with van der Waals surface area (Å²) in [5.41, 5.74) is 0. The molecule has 2 fully saturated rings. The summed E-state index contributed by atoms with van der Waals surface area (Å²) < 4.78 is 51.4. The normalized spacial score (nSPS) is 27.3. The molecule has 590 valence electrons. The lowest BCUT2D eigenvalue weighted by molar-refractivity contribution is -0.164. The first-order valence-electron chi connectivity index (χ1n) is 36.2. The van der Waals surface area contributed by atoms with Crippen molar-refractivity contribution < 1.29 is 85.3 Å². The van der Waals surface area contributed by atoms with Crippen LogP contribution in [0.5, 0.6) is 0 Å². The Bertz CT molecular complexity index is 2890. The number of halogens is 3. The number of aliphatic hydroxyl groups is 1. The zero-order chi connectivity index (χ0) is 79.3. The van der Waals surface area contributed by atoms with E-state index in [9.17, 15) is 47.0 Å². The third kappa shape index (κ3) is 26.5. The van der Waals surface area contributed by atoms with Crippen LogP contribution in [0.2, 0.25) is 0 Å². The van der Waals surface area contributed by atoms with Crippen molar-refractivity contribution in [3.63, 3.8) is 0 Å². The van der Waals surface area contributed by atoms with Gasteiger partial charge in [0.2, 0.25) is 65.0 Å². The van der Waals surface area contributed by atoms with Crippen LogP contribution in [0.3, 0.4) is 0 Å². The van der Waals surface area contributed by atoms with Crippen molar-refractivity contribution in [1.82, 2.24) is 65.4 Å². The second-order valence-corrected chi connectivity index (χ2v) is 30.3. The van der Waals surface area contributed by atoms with E-state index in [-0.39, 0.29) is 82.6 Å². The predicted octanol–water partition coefficient (Wildman–Crippen LogP) is 3.33. The number of carbonyl (C=O) groups excluding carboxylic acids is 12. The van der Waals surface area contributed by atoms with E-state index >= 15 is 28.8 Å². The van der Waals surface area contributed by atoms with Gasteiger partial charge in [-0.05, 0) is 102 Å². The summed E-state index contributed by atoms with van der Waals surface area (Å²) in [7, 11) is 9.67. The predicted molar refractivity (Wildman–Crippen MR) is 383 cm³/mol. The van der Waals surface area contributed by atoms with Crippen molar-refractivity contribution in [2.45, 2.75) is 242 Å². The molecule has 5 N–H and O–H groups in total. The standard InChI is InChI=1S/C72H126F3N13O15/c1-26-28-29-45(13)60(103-50(18)89)59-64(94)78-51(27-2)67(97)80(19)49(17)66(96)85(24)58(46(14)37-102-38-55(90)88-32-30-87(31-33-88)39-72(73,74)75)63(93)79-56(43(9)10)70(100)81(20)52(34-40(3)4)62(92)76-47(15)61(91)77-48(16)65(95)82(21)53(35-41(5)6)68(98)83(22)54(36-42(7)8)69(99)84(23)57(44(11)12)71(101)86(59)25/h26,28,40-49,51-54,56-60,65,95H,27,29-39H2,1-25H3,(H,76,92)(H,77,91)(H,78,94)(H,79,93)/b28-26+/t45-,46-,47+,48-,49-,51+,52+,53+,54+,56+,57+,58+,59+,60-,65?/m1/s1. The molecule has 0 aliphatic carbocycles. The summed E-state index contributed by atoms with van der Waals surface area (Å²) in [5.74, 6) is -12.7. The molecule has 0 bridgehead atoms. The fraction of sp³-hybridized carbons (Fsp3) is 0.806. The van der Waals surface area contributed by atoms with Gasteiger partial charge >= 0.3 is 12.1 Å². The van der Waals surface area contributed by atoms with Crippen LogP contribution in [0.25, 0.3) is 0 Å². The van der Waals surface area contributed by atoms with Gasteiger partial charge in [0.1, 0.15) is 73.3 Å². The molecule has 2 saturated heterocycles. The molecule has 0 saturated carbocycles. The molecule has 0 aromatic heterocycles. The van der Waals surface area contributed by atoms with Crippen LogP contribution in [-0.4, -0.2) is 300 Å². The number of carbonyl (C=O) groups is 12. The second kappa shape index (κ2) is 41.6. The van der Waals surface area contributed by atoms with E-state index in [1.807, 2.05) is 41.5 Å². The minimum absolute atomic E-state index is 0.0125. The maximum atomic E-state index is 15.6. The number of hydrogen-bond acceptors (Lipinski definition) is 17. The Morgan fingerprint density at radius 3 is 1.56 bits per heavy atom. The molecule has 103 heavy (non-hydrogen) atoms. The highest BCUT2D eigenvalue weighted by Gasteiger charge is 2.48. The lowest BCUT2D eigenvalue weighted by atomic mass is 9.91. The Hall–Kier alpha value is -6.99. The van der Waals surface area contributed by atoms with E-state index in [4.69, 9.17) is 9.47 Å². The van der Waals surface area contributed by atoms with Crippen LogP contribution in [-0.2, 0) is 67.0 Å². The van der Waals surface area contributed by atoms with Gasteiger partial charge < -0.3 is 70.1 Å². The van der Waals surface area contributed by atoms with Gasteiger partial charge in [0, 0.05) is 81.3 Å². The molecular formula is C72H126F3N13O15. The van der Waals surface area contributed by atoms with Crippen LogP contribution in [0.1, 0.15) is 157 Å². The van der Waals surface area contributed by atoms with Crippen LogP contribution in [0.15, 0.2) is 12.2 Å². The third-order valence-electron chi connectivity index (χ3n) is 19.5. The Kier molecular flexibility index (Phi) is 37.2. The van der Waals surface area contributed by atoms with Crippen LogP contribution < -0.4 is 21.3 Å². The maximum Gasteiger partial charge on any atom is 0.401 e. The van der Waals surface area contributed by atoms with Crippen molar-refractivity contribution in [2.75, 3.05) is 95.3 Å². The molecule has 28 nitrogen and oxygen atoms in total. The fourth-order valence-electron chi connectivity index (χ4n) is 13.2. The van der Waals surface area contributed by atoms with Gasteiger partial charge in [0.05, 0.1) is 25.2 Å². The van der Waals surface area contributed by atoms with Crippen LogP contribution >= 0.6 is 0 Å².